The van der Waals surface area contributed by atoms with Crippen LogP contribution in [0.5, 0.6) is 0 Å². The first kappa shape index (κ1) is 43.4. The quantitative estimate of drug-likeness (QED) is 0.152. The van der Waals surface area contributed by atoms with Gasteiger partial charge in [-0.1, -0.05) is 35.3 Å². The molecule has 6 heterocycles. The van der Waals surface area contributed by atoms with Gasteiger partial charge in [0.1, 0.15) is 11.6 Å². The fourth-order valence-electron chi connectivity index (χ4n) is 10.7. The molecule has 0 aliphatic carbocycles. The fourth-order valence-corrected chi connectivity index (χ4v) is 11.0. The third kappa shape index (κ3) is 9.99. The van der Waals surface area contributed by atoms with E-state index in [9.17, 15) is 23.8 Å². The first-order valence-electron chi connectivity index (χ1n) is 22.0. The number of nitrogens with zero attached hydrogens (tertiary/aromatic N) is 3. The normalized spacial score (nSPS) is 22.8. The number of hydrogen-bond donors (Lipinski definition) is 5. The van der Waals surface area contributed by atoms with Gasteiger partial charge in [0.05, 0.1) is 12.2 Å². The minimum Gasteiger partial charge on any atom is -0.392 e. The van der Waals surface area contributed by atoms with Crippen molar-refractivity contribution in [2.45, 2.75) is 74.4 Å². The van der Waals surface area contributed by atoms with Crippen LogP contribution in [0.1, 0.15) is 68.1 Å². The molecular formula is C47H60Cl2F2N6O3. The number of halogens is 4. The Morgan fingerprint density at radius 1 is 0.700 bits per heavy atom. The number of aliphatic hydroxyl groups excluding tert-OH is 2. The van der Waals surface area contributed by atoms with Gasteiger partial charge in [-0.05, 0) is 162 Å². The van der Waals surface area contributed by atoms with Crippen LogP contribution >= 0.6 is 23.2 Å². The molecule has 1 amide bonds. The summed E-state index contributed by atoms with van der Waals surface area (Å²) >= 11 is 12.3. The van der Waals surface area contributed by atoms with Gasteiger partial charge in [0.2, 0.25) is 5.91 Å². The third-order valence-electron chi connectivity index (χ3n) is 14.5. The van der Waals surface area contributed by atoms with E-state index in [1.807, 2.05) is 18.2 Å². The van der Waals surface area contributed by atoms with Gasteiger partial charge in [-0.15, -0.1) is 0 Å². The van der Waals surface area contributed by atoms with Gasteiger partial charge in [-0.3, -0.25) is 4.79 Å². The summed E-state index contributed by atoms with van der Waals surface area (Å²) in [7, 11) is 0. The lowest BCUT2D eigenvalue weighted by molar-refractivity contribution is -0.128. The Morgan fingerprint density at radius 2 is 1.17 bits per heavy atom. The first-order valence-corrected chi connectivity index (χ1v) is 22.8. The second-order valence-corrected chi connectivity index (χ2v) is 19.0. The molecule has 2 atom stereocenters. The largest absolute Gasteiger partial charge is 0.392 e. The molecule has 13 heteroatoms. The molecule has 4 fully saturated rings. The predicted octanol–water partition coefficient (Wildman–Crippen LogP) is 7.15. The zero-order valence-corrected chi connectivity index (χ0v) is 36.0. The van der Waals surface area contributed by atoms with E-state index in [1.54, 1.807) is 4.90 Å². The van der Waals surface area contributed by atoms with E-state index in [0.717, 1.165) is 132 Å². The maximum Gasteiger partial charge on any atom is 0.246 e. The number of amides is 1. The summed E-state index contributed by atoms with van der Waals surface area (Å²) in [5.74, 6) is -0.896. The second kappa shape index (κ2) is 19.0. The number of β-amino-alcohol motifs (C(OH)–C–C–N with tert-alkyl or cyclic N) is 2. The van der Waals surface area contributed by atoms with Crippen LogP contribution in [0.25, 0.3) is 6.08 Å². The van der Waals surface area contributed by atoms with Crippen LogP contribution in [-0.2, 0) is 15.6 Å². The van der Waals surface area contributed by atoms with Crippen molar-refractivity contribution in [3.8, 4) is 0 Å². The molecule has 6 aliphatic rings. The van der Waals surface area contributed by atoms with E-state index >= 15 is 0 Å². The number of hydrogen-bond acceptors (Lipinski definition) is 8. The van der Waals surface area contributed by atoms with Crippen molar-refractivity contribution in [3.63, 3.8) is 0 Å². The van der Waals surface area contributed by atoms with Crippen LogP contribution in [-0.4, -0.2) is 122 Å². The molecule has 4 saturated heterocycles. The van der Waals surface area contributed by atoms with E-state index in [4.69, 9.17) is 23.2 Å². The smallest absolute Gasteiger partial charge is 0.246 e. The summed E-state index contributed by atoms with van der Waals surface area (Å²) in [5.41, 5.74) is 5.89. The van der Waals surface area contributed by atoms with Crippen LogP contribution in [0, 0.1) is 23.5 Å². The highest BCUT2D eigenvalue weighted by Crippen LogP contribution is 2.46. The molecule has 0 saturated carbocycles. The molecule has 9 rings (SSSR count). The van der Waals surface area contributed by atoms with Gasteiger partial charge in [0.15, 0.2) is 0 Å². The predicted molar refractivity (Wildman–Crippen MR) is 237 cm³/mol. The average molecular weight is 866 g/mol. The van der Waals surface area contributed by atoms with E-state index in [0.29, 0.717) is 31.1 Å². The standard InChI is InChI=1S/C28H32ClF2N3O2.C19H28ClN3O/c29-21-2-3-24-25(15-21)32-18-28(24)7-11-33(12-8-28)17-26(35)20-5-9-34(10-6-20)27(36)4-1-19-13-22(30)16-23(31)14-19;20-15-1-2-16-17(11-15)22-13-19(16)5-9-23(10-6-19)12-18(24)14-3-7-21-8-4-14/h1-4,13-16,20,26,32,35H,5-12,17-18H2;1-2,11,14,18,21-22,24H,3-10,12-13H2/b4-1+;/t26-;18-/m11/s1. The van der Waals surface area contributed by atoms with E-state index < -0.39 is 17.7 Å². The number of nitrogens with one attached hydrogen (secondary N) is 3. The van der Waals surface area contributed by atoms with Crippen molar-refractivity contribution in [1.82, 2.24) is 20.0 Å². The number of aliphatic hydroxyl groups is 2. The molecule has 0 aromatic heterocycles. The van der Waals surface area contributed by atoms with Gasteiger partial charge in [0.25, 0.3) is 0 Å². The SMILES string of the molecule is O=C(/C=C/c1cc(F)cc(F)c1)N1CCC([C@H](O)CN2CCC3(CC2)CNc2cc(Cl)ccc23)CC1.O[C@H](CN1CCC2(CC1)CNc1cc(Cl)ccc12)C1CCNCC1. The number of fused-ring (bicyclic) bond motifs is 4. The van der Waals surface area contributed by atoms with Crippen molar-refractivity contribution in [2.24, 2.45) is 11.8 Å². The first-order chi connectivity index (χ1) is 29.0. The number of piperidine rings is 4. The van der Waals surface area contributed by atoms with Gasteiger partial charge in [0, 0.05) is 83.7 Å². The van der Waals surface area contributed by atoms with E-state index in [2.05, 4.69) is 43.9 Å². The highest BCUT2D eigenvalue weighted by atomic mass is 35.5. The molecule has 324 valence electrons. The minimum absolute atomic E-state index is 0.151. The molecule has 5 N–H and O–H groups in total. The topological polar surface area (TPSA) is 103 Å². The maximum atomic E-state index is 13.3. The minimum atomic E-state index is -0.671. The van der Waals surface area contributed by atoms with E-state index in [1.165, 1.54) is 41.1 Å². The Labute approximate surface area is 363 Å². The number of carbonyl (C=O) groups excluding carboxylic acids is 1. The average Bonchev–Trinajstić information content (AvgIpc) is 3.78. The van der Waals surface area contributed by atoms with Crippen molar-refractivity contribution in [2.75, 3.05) is 89.2 Å². The zero-order valence-electron chi connectivity index (χ0n) is 34.5. The molecule has 60 heavy (non-hydrogen) atoms. The van der Waals surface area contributed by atoms with Crippen LogP contribution in [0.2, 0.25) is 10.0 Å². The molecule has 9 nitrogen and oxygen atoms in total. The van der Waals surface area contributed by atoms with Crippen LogP contribution in [0.4, 0.5) is 20.2 Å². The van der Waals surface area contributed by atoms with Gasteiger partial charge in [-0.2, -0.15) is 0 Å². The van der Waals surface area contributed by atoms with Crippen molar-refractivity contribution in [3.05, 3.63) is 99.0 Å². The van der Waals surface area contributed by atoms with E-state index in [-0.39, 0.29) is 28.8 Å². The van der Waals surface area contributed by atoms with Crippen LogP contribution in [0.3, 0.4) is 0 Å². The lowest BCUT2D eigenvalue weighted by Gasteiger charge is -2.41. The number of benzene rings is 3. The van der Waals surface area contributed by atoms with Crippen molar-refractivity contribution in [1.29, 1.82) is 0 Å². The monoisotopic (exact) mass is 864 g/mol. The van der Waals surface area contributed by atoms with Crippen LogP contribution < -0.4 is 16.0 Å². The fraction of sp³-hybridized carbons (Fsp3) is 0.553. The highest BCUT2D eigenvalue weighted by molar-refractivity contribution is 6.31. The van der Waals surface area contributed by atoms with Gasteiger partial charge >= 0.3 is 0 Å². The van der Waals surface area contributed by atoms with Gasteiger partial charge in [-0.25, -0.2) is 8.78 Å². The summed E-state index contributed by atoms with van der Waals surface area (Å²) in [6.45, 7) is 10.7. The van der Waals surface area contributed by atoms with Crippen LogP contribution in [0.15, 0.2) is 60.7 Å². The lowest BCUT2D eigenvalue weighted by atomic mass is 9.74. The highest BCUT2D eigenvalue weighted by Gasteiger charge is 2.43. The lowest BCUT2D eigenvalue weighted by Crippen LogP contribution is -2.48. The summed E-state index contributed by atoms with van der Waals surface area (Å²) < 4.78 is 26.7. The molecule has 3 aromatic carbocycles. The molecule has 0 unspecified atom stereocenters. The Hall–Kier alpha value is -3.29. The molecule has 3 aromatic rings. The number of carbonyl (C=O) groups is 1. The summed E-state index contributed by atoms with van der Waals surface area (Å²) in [6.07, 6.45) is 10.3. The summed E-state index contributed by atoms with van der Waals surface area (Å²) in [6, 6.07) is 15.6. The van der Waals surface area contributed by atoms with Crippen molar-refractivity contribution >= 4 is 46.6 Å². The molecule has 0 radical (unpaired) electrons. The summed E-state index contributed by atoms with van der Waals surface area (Å²) in [4.78, 5) is 19.1. The summed E-state index contributed by atoms with van der Waals surface area (Å²) in [5, 5.41) is 33.5. The van der Waals surface area contributed by atoms with Crippen molar-refractivity contribution < 1.29 is 23.8 Å². The Morgan fingerprint density at radius 3 is 1.65 bits per heavy atom. The number of rotatable bonds is 8. The molecular weight excluding hydrogens is 805 g/mol. The third-order valence-corrected chi connectivity index (χ3v) is 15.0. The maximum absolute atomic E-state index is 13.3. The Bertz CT molecular complexity index is 1970. The second-order valence-electron chi connectivity index (χ2n) is 18.2. The number of likely N-dealkylation sites (tertiary alicyclic amines) is 3. The Balaban J connectivity index is 0.000000180. The van der Waals surface area contributed by atoms with Gasteiger partial charge < -0.3 is 40.9 Å². The molecule has 0 bridgehead atoms. The Kier molecular flexibility index (Phi) is 13.7. The molecule has 6 aliphatic heterocycles. The molecule has 2 spiro atoms. The number of anilines is 2. The zero-order chi connectivity index (χ0) is 41.9.